The summed E-state index contributed by atoms with van der Waals surface area (Å²) in [5, 5.41) is 0. The van der Waals surface area contributed by atoms with Gasteiger partial charge >= 0.3 is 0 Å². The van der Waals surface area contributed by atoms with Crippen LogP contribution in [0, 0.1) is 11.7 Å². The van der Waals surface area contributed by atoms with Crippen molar-refractivity contribution < 1.29 is 17.5 Å². The molecule has 0 aliphatic carbocycles. The SMILES string of the molecule is C[C@H](c1ccccc1F)N(C)S(=O)(=O)CC1CCOCC1. The highest BCUT2D eigenvalue weighted by molar-refractivity contribution is 7.89. The maximum Gasteiger partial charge on any atom is 0.214 e. The van der Waals surface area contributed by atoms with Crippen molar-refractivity contribution in [2.45, 2.75) is 25.8 Å². The lowest BCUT2D eigenvalue weighted by molar-refractivity contribution is 0.0720. The normalized spacial score (nSPS) is 18.9. The minimum Gasteiger partial charge on any atom is -0.381 e. The van der Waals surface area contributed by atoms with Gasteiger partial charge in [-0.05, 0) is 31.7 Å². The molecule has 0 bridgehead atoms. The van der Waals surface area contributed by atoms with Crippen LogP contribution in [0.2, 0.25) is 0 Å². The molecule has 118 valence electrons. The number of hydrogen-bond acceptors (Lipinski definition) is 3. The van der Waals surface area contributed by atoms with E-state index in [2.05, 4.69) is 0 Å². The highest BCUT2D eigenvalue weighted by Gasteiger charge is 2.29. The van der Waals surface area contributed by atoms with Crippen LogP contribution in [0.25, 0.3) is 0 Å². The van der Waals surface area contributed by atoms with E-state index in [0.717, 1.165) is 12.8 Å². The first-order chi connectivity index (χ1) is 9.92. The number of rotatable bonds is 5. The van der Waals surface area contributed by atoms with Crippen molar-refractivity contribution in [1.29, 1.82) is 0 Å². The largest absolute Gasteiger partial charge is 0.381 e. The van der Waals surface area contributed by atoms with E-state index in [1.165, 1.54) is 17.4 Å². The van der Waals surface area contributed by atoms with Gasteiger partial charge in [-0.2, -0.15) is 4.31 Å². The van der Waals surface area contributed by atoms with E-state index in [0.29, 0.717) is 18.8 Å². The molecule has 1 aliphatic rings. The van der Waals surface area contributed by atoms with Gasteiger partial charge < -0.3 is 4.74 Å². The van der Waals surface area contributed by atoms with Gasteiger partial charge in [0.2, 0.25) is 10.0 Å². The van der Waals surface area contributed by atoms with Gasteiger partial charge in [0.05, 0.1) is 5.75 Å². The van der Waals surface area contributed by atoms with Gasteiger partial charge in [-0.3, -0.25) is 0 Å². The zero-order valence-electron chi connectivity index (χ0n) is 12.5. The summed E-state index contributed by atoms with van der Waals surface area (Å²) >= 11 is 0. The fourth-order valence-corrected chi connectivity index (χ4v) is 4.34. The molecule has 0 radical (unpaired) electrons. The Balaban J connectivity index is 2.10. The standard InChI is InChI=1S/C15H22FNO3S/c1-12(14-5-3-4-6-15(14)16)17(2)21(18,19)11-13-7-9-20-10-8-13/h3-6,12-13H,7-11H2,1-2H3/t12-/m1/s1. The molecule has 1 aliphatic heterocycles. The van der Waals surface area contributed by atoms with E-state index < -0.39 is 16.1 Å². The van der Waals surface area contributed by atoms with Crippen molar-refractivity contribution in [2.24, 2.45) is 5.92 Å². The van der Waals surface area contributed by atoms with Crippen LogP contribution in [0.15, 0.2) is 24.3 Å². The molecule has 1 fully saturated rings. The fourth-order valence-electron chi connectivity index (χ4n) is 2.58. The molecule has 1 aromatic carbocycles. The third-order valence-electron chi connectivity index (χ3n) is 4.13. The summed E-state index contributed by atoms with van der Waals surface area (Å²) in [6, 6.07) is 5.78. The molecule has 1 heterocycles. The van der Waals surface area contributed by atoms with Crippen molar-refractivity contribution in [3.05, 3.63) is 35.6 Å². The van der Waals surface area contributed by atoms with Gasteiger partial charge in [-0.25, -0.2) is 12.8 Å². The van der Waals surface area contributed by atoms with Crippen LogP contribution in [0.4, 0.5) is 4.39 Å². The average Bonchev–Trinajstić information content (AvgIpc) is 2.47. The summed E-state index contributed by atoms with van der Waals surface area (Å²) in [6.45, 7) is 2.94. The van der Waals surface area contributed by atoms with Gasteiger partial charge in [0.1, 0.15) is 5.82 Å². The second-order valence-corrected chi connectivity index (χ2v) is 7.62. The van der Waals surface area contributed by atoms with Crippen LogP contribution < -0.4 is 0 Å². The molecule has 1 saturated heterocycles. The number of benzene rings is 1. The molecule has 0 N–H and O–H groups in total. The molecule has 0 aromatic heterocycles. The lowest BCUT2D eigenvalue weighted by Gasteiger charge is -2.28. The molecular weight excluding hydrogens is 293 g/mol. The Labute approximate surface area is 126 Å². The lowest BCUT2D eigenvalue weighted by Crippen LogP contribution is -2.35. The fraction of sp³-hybridized carbons (Fsp3) is 0.600. The van der Waals surface area contributed by atoms with Crippen molar-refractivity contribution in [3.63, 3.8) is 0 Å². The summed E-state index contributed by atoms with van der Waals surface area (Å²) in [4.78, 5) is 0. The maximum atomic E-state index is 13.8. The van der Waals surface area contributed by atoms with E-state index in [9.17, 15) is 12.8 Å². The quantitative estimate of drug-likeness (QED) is 0.839. The Kier molecular flexibility index (Phi) is 5.35. The maximum absolute atomic E-state index is 13.8. The monoisotopic (exact) mass is 315 g/mol. The molecular formula is C15H22FNO3S. The zero-order chi connectivity index (χ0) is 15.5. The first kappa shape index (κ1) is 16.4. The van der Waals surface area contributed by atoms with Crippen LogP contribution in [-0.2, 0) is 14.8 Å². The summed E-state index contributed by atoms with van der Waals surface area (Å²) in [5.41, 5.74) is 0.399. The lowest BCUT2D eigenvalue weighted by atomic mass is 10.0. The molecule has 0 unspecified atom stereocenters. The number of nitrogens with zero attached hydrogens (tertiary/aromatic N) is 1. The Morgan fingerprint density at radius 2 is 1.95 bits per heavy atom. The third kappa shape index (κ3) is 4.02. The molecule has 6 heteroatoms. The summed E-state index contributed by atoms with van der Waals surface area (Å²) in [6.07, 6.45) is 1.53. The van der Waals surface area contributed by atoms with Crippen LogP contribution in [-0.4, -0.2) is 38.7 Å². The molecule has 1 aromatic rings. The van der Waals surface area contributed by atoms with Gasteiger partial charge in [0, 0.05) is 31.9 Å². The van der Waals surface area contributed by atoms with Crippen molar-refractivity contribution >= 4 is 10.0 Å². The Bertz CT molecular complexity index is 570. The minimum absolute atomic E-state index is 0.103. The molecule has 2 rings (SSSR count). The molecule has 0 saturated carbocycles. The molecule has 21 heavy (non-hydrogen) atoms. The van der Waals surface area contributed by atoms with Crippen LogP contribution in [0.3, 0.4) is 0 Å². The Morgan fingerprint density at radius 3 is 2.57 bits per heavy atom. The minimum atomic E-state index is -3.41. The van der Waals surface area contributed by atoms with Crippen molar-refractivity contribution in [3.8, 4) is 0 Å². The summed E-state index contributed by atoms with van der Waals surface area (Å²) in [7, 11) is -1.89. The van der Waals surface area contributed by atoms with Gasteiger partial charge in [0.25, 0.3) is 0 Å². The summed E-state index contributed by atoms with van der Waals surface area (Å²) in [5.74, 6) is -0.150. The topological polar surface area (TPSA) is 46.6 Å². The number of sulfonamides is 1. The molecule has 4 nitrogen and oxygen atoms in total. The average molecular weight is 315 g/mol. The first-order valence-corrected chi connectivity index (χ1v) is 8.80. The second-order valence-electron chi connectivity index (χ2n) is 5.55. The highest BCUT2D eigenvalue weighted by atomic mass is 32.2. The molecule has 0 amide bonds. The smallest absolute Gasteiger partial charge is 0.214 e. The second kappa shape index (κ2) is 6.85. The van der Waals surface area contributed by atoms with E-state index in [-0.39, 0.29) is 17.5 Å². The molecule has 1 atom stereocenters. The van der Waals surface area contributed by atoms with E-state index in [1.54, 1.807) is 25.1 Å². The van der Waals surface area contributed by atoms with Gasteiger partial charge in [-0.1, -0.05) is 18.2 Å². The van der Waals surface area contributed by atoms with Crippen LogP contribution in [0.5, 0.6) is 0 Å². The summed E-state index contributed by atoms with van der Waals surface area (Å²) < 4.78 is 45.3. The first-order valence-electron chi connectivity index (χ1n) is 7.19. The Morgan fingerprint density at radius 1 is 1.33 bits per heavy atom. The zero-order valence-corrected chi connectivity index (χ0v) is 13.3. The van der Waals surface area contributed by atoms with Crippen LogP contribution >= 0.6 is 0 Å². The third-order valence-corrected chi connectivity index (χ3v) is 6.21. The molecule has 0 spiro atoms. The Hall–Kier alpha value is -0.980. The van der Waals surface area contributed by atoms with E-state index in [1.807, 2.05) is 0 Å². The highest BCUT2D eigenvalue weighted by Crippen LogP contribution is 2.26. The van der Waals surface area contributed by atoms with Gasteiger partial charge in [0.15, 0.2) is 0 Å². The number of ether oxygens (including phenoxy) is 1. The predicted octanol–water partition coefficient (Wildman–Crippen LogP) is 2.57. The van der Waals surface area contributed by atoms with Crippen molar-refractivity contribution in [1.82, 2.24) is 4.31 Å². The van der Waals surface area contributed by atoms with Crippen LogP contribution in [0.1, 0.15) is 31.4 Å². The number of halogens is 1. The van der Waals surface area contributed by atoms with Gasteiger partial charge in [-0.15, -0.1) is 0 Å². The van der Waals surface area contributed by atoms with Crippen molar-refractivity contribution in [2.75, 3.05) is 26.0 Å². The van der Waals surface area contributed by atoms with E-state index in [4.69, 9.17) is 4.74 Å². The number of hydrogen-bond donors (Lipinski definition) is 0. The predicted molar refractivity (Wildman–Crippen MR) is 79.9 cm³/mol. The van der Waals surface area contributed by atoms with E-state index >= 15 is 0 Å².